The number of dihydropyridines is 1. The molecule has 0 aliphatic carbocycles. The molecule has 2 unspecified atom stereocenters. The lowest BCUT2D eigenvalue weighted by Crippen LogP contribution is -2.44. The van der Waals surface area contributed by atoms with Gasteiger partial charge in [0.15, 0.2) is 6.17 Å². The Morgan fingerprint density at radius 3 is 2.62 bits per heavy atom. The fourth-order valence-corrected chi connectivity index (χ4v) is 3.28. The Balaban J connectivity index is 1.85. The second-order valence-electron chi connectivity index (χ2n) is 6.42. The number of benzene rings is 1. The molecule has 5 atom stereocenters. The maximum Gasteiger partial charge on any atom is 0.153 e. The van der Waals surface area contributed by atoms with Gasteiger partial charge in [-0.1, -0.05) is 24.3 Å². The molecular formula is C19H25N3O4. The summed E-state index contributed by atoms with van der Waals surface area (Å²) >= 11 is 0. The van der Waals surface area contributed by atoms with Gasteiger partial charge in [0, 0.05) is 18.5 Å². The van der Waals surface area contributed by atoms with Crippen LogP contribution in [0.4, 0.5) is 5.69 Å². The second-order valence-corrected chi connectivity index (χ2v) is 6.42. The van der Waals surface area contributed by atoms with Crippen molar-refractivity contribution in [1.82, 2.24) is 0 Å². The van der Waals surface area contributed by atoms with Crippen molar-refractivity contribution in [2.24, 2.45) is 16.0 Å². The van der Waals surface area contributed by atoms with Crippen LogP contribution in [0.25, 0.3) is 0 Å². The van der Waals surface area contributed by atoms with Gasteiger partial charge in [0.05, 0.1) is 18.2 Å². The maximum atomic E-state index is 10.3. The van der Waals surface area contributed by atoms with Gasteiger partial charge in [-0.2, -0.15) is 5.10 Å². The SMILES string of the molecule is CCO[C@@H](C1=CC2C(C)=NN(c3ccccc3)C2N=C1)[C@H](O)[C@@H](O)CO. The third kappa shape index (κ3) is 3.57. The van der Waals surface area contributed by atoms with E-state index in [9.17, 15) is 10.2 Å². The molecule has 3 N–H and O–H groups in total. The number of hydrogen-bond donors (Lipinski definition) is 3. The Kier molecular flexibility index (Phi) is 5.83. The fourth-order valence-electron chi connectivity index (χ4n) is 3.28. The molecule has 2 heterocycles. The van der Waals surface area contributed by atoms with Crippen molar-refractivity contribution >= 4 is 17.6 Å². The van der Waals surface area contributed by atoms with E-state index in [1.54, 1.807) is 6.21 Å². The number of aliphatic imine (C=N–C) groups is 1. The molecule has 7 nitrogen and oxygen atoms in total. The summed E-state index contributed by atoms with van der Waals surface area (Å²) in [4.78, 5) is 4.63. The predicted octanol–water partition coefficient (Wildman–Crippen LogP) is 0.955. The molecule has 0 spiro atoms. The second kappa shape index (κ2) is 8.09. The van der Waals surface area contributed by atoms with Crippen LogP contribution >= 0.6 is 0 Å². The largest absolute Gasteiger partial charge is 0.394 e. The highest BCUT2D eigenvalue weighted by molar-refractivity contribution is 5.94. The highest BCUT2D eigenvalue weighted by atomic mass is 16.5. The summed E-state index contributed by atoms with van der Waals surface area (Å²) in [6.07, 6.45) is 0.191. The summed E-state index contributed by atoms with van der Waals surface area (Å²) in [5.74, 6) is -0.0448. The summed E-state index contributed by atoms with van der Waals surface area (Å²) in [5, 5.41) is 35.8. The van der Waals surface area contributed by atoms with E-state index in [0.717, 1.165) is 11.4 Å². The van der Waals surface area contributed by atoms with Crippen molar-refractivity contribution in [1.29, 1.82) is 0 Å². The number of aliphatic hydroxyl groups is 3. The van der Waals surface area contributed by atoms with E-state index in [1.165, 1.54) is 0 Å². The average Bonchev–Trinajstić information content (AvgIpc) is 3.01. The van der Waals surface area contributed by atoms with Crippen molar-refractivity contribution < 1.29 is 20.1 Å². The molecular weight excluding hydrogens is 334 g/mol. The number of ether oxygens (including phenoxy) is 1. The van der Waals surface area contributed by atoms with E-state index in [2.05, 4.69) is 10.1 Å². The maximum absolute atomic E-state index is 10.3. The molecule has 2 aliphatic heterocycles. The normalized spacial score (nSPS) is 25.3. The summed E-state index contributed by atoms with van der Waals surface area (Å²) in [6.45, 7) is 3.59. The number of hydrogen-bond acceptors (Lipinski definition) is 7. The number of para-hydroxylation sites is 1. The van der Waals surface area contributed by atoms with E-state index in [4.69, 9.17) is 9.84 Å². The Hall–Kier alpha value is -2.06. The monoisotopic (exact) mass is 359 g/mol. The van der Waals surface area contributed by atoms with Crippen LogP contribution in [0.15, 0.2) is 52.1 Å². The van der Waals surface area contributed by atoms with E-state index in [1.807, 2.05) is 55.3 Å². The number of hydrazone groups is 1. The highest BCUT2D eigenvalue weighted by Crippen LogP contribution is 2.33. The molecule has 0 amide bonds. The lowest BCUT2D eigenvalue weighted by Gasteiger charge is -2.31. The van der Waals surface area contributed by atoms with Crippen molar-refractivity contribution in [2.75, 3.05) is 18.2 Å². The first-order valence-electron chi connectivity index (χ1n) is 8.79. The number of nitrogens with zero attached hydrogens (tertiary/aromatic N) is 3. The molecule has 1 aromatic carbocycles. The molecule has 0 radical (unpaired) electrons. The Labute approximate surface area is 152 Å². The van der Waals surface area contributed by atoms with Crippen molar-refractivity contribution in [3.05, 3.63) is 42.0 Å². The van der Waals surface area contributed by atoms with Crippen LogP contribution in [0, 0.1) is 5.92 Å². The molecule has 2 aliphatic rings. The van der Waals surface area contributed by atoms with Crippen LogP contribution in [0.3, 0.4) is 0 Å². The number of anilines is 1. The van der Waals surface area contributed by atoms with E-state index in [0.29, 0.717) is 12.2 Å². The van der Waals surface area contributed by atoms with E-state index < -0.39 is 24.9 Å². The number of fused-ring (bicyclic) bond motifs is 1. The highest BCUT2D eigenvalue weighted by Gasteiger charge is 2.39. The lowest BCUT2D eigenvalue weighted by atomic mass is 9.91. The molecule has 140 valence electrons. The standard InChI is InChI=1S/C19H25N3O4/c1-3-26-18(17(25)16(24)11-23)13-9-15-12(2)21-22(19(15)20-10-13)14-7-5-4-6-8-14/h4-10,15-19,23-25H,3,11H2,1-2H3/t15?,16-,17+,18-,19?/m0/s1. The molecule has 1 aromatic rings. The van der Waals surface area contributed by atoms with E-state index in [-0.39, 0.29) is 12.1 Å². The minimum absolute atomic E-state index is 0.0448. The van der Waals surface area contributed by atoms with Crippen molar-refractivity contribution in [3.8, 4) is 0 Å². The van der Waals surface area contributed by atoms with Crippen molar-refractivity contribution in [2.45, 2.75) is 38.3 Å². The third-order valence-electron chi connectivity index (χ3n) is 4.65. The van der Waals surface area contributed by atoms with Crippen LogP contribution in [0.5, 0.6) is 0 Å². The summed E-state index contributed by atoms with van der Waals surface area (Å²) < 4.78 is 5.63. The summed E-state index contributed by atoms with van der Waals surface area (Å²) in [7, 11) is 0. The first kappa shape index (κ1) is 18.7. The minimum Gasteiger partial charge on any atom is -0.394 e. The number of rotatable bonds is 7. The van der Waals surface area contributed by atoms with Crippen LogP contribution in [0.2, 0.25) is 0 Å². The smallest absolute Gasteiger partial charge is 0.153 e. The molecule has 0 fully saturated rings. The molecule has 26 heavy (non-hydrogen) atoms. The van der Waals surface area contributed by atoms with Gasteiger partial charge in [0.2, 0.25) is 0 Å². The first-order valence-corrected chi connectivity index (χ1v) is 8.79. The summed E-state index contributed by atoms with van der Waals surface area (Å²) in [5.41, 5.74) is 2.56. The Bertz CT molecular complexity index is 704. The topological polar surface area (TPSA) is 97.9 Å². The number of aliphatic hydroxyl groups excluding tert-OH is 3. The van der Waals surface area contributed by atoms with Gasteiger partial charge < -0.3 is 20.1 Å². The van der Waals surface area contributed by atoms with Gasteiger partial charge in [-0.15, -0.1) is 0 Å². The molecule has 3 rings (SSSR count). The zero-order valence-corrected chi connectivity index (χ0v) is 14.9. The average molecular weight is 359 g/mol. The van der Waals surface area contributed by atoms with Gasteiger partial charge in [0.1, 0.15) is 18.3 Å². The molecule has 7 heteroatoms. The zero-order valence-electron chi connectivity index (χ0n) is 14.9. The van der Waals surface area contributed by atoms with Crippen LogP contribution in [-0.4, -0.2) is 64.9 Å². The predicted molar refractivity (Wildman–Crippen MR) is 100 cm³/mol. The Morgan fingerprint density at radius 1 is 1.23 bits per heavy atom. The van der Waals surface area contributed by atoms with Crippen LogP contribution in [-0.2, 0) is 4.74 Å². The third-order valence-corrected chi connectivity index (χ3v) is 4.65. The van der Waals surface area contributed by atoms with Gasteiger partial charge in [0.25, 0.3) is 0 Å². The van der Waals surface area contributed by atoms with Crippen molar-refractivity contribution in [3.63, 3.8) is 0 Å². The Morgan fingerprint density at radius 2 is 1.96 bits per heavy atom. The molecule has 0 saturated carbocycles. The summed E-state index contributed by atoms with van der Waals surface area (Å²) in [6, 6.07) is 9.84. The quantitative estimate of drug-likeness (QED) is 0.673. The first-order chi connectivity index (χ1) is 12.6. The lowest BCUT2D eigenvalue weighted by molar-refractivity contribution is -0.0841. The van der Waals surface area contributed by atoms with Gasteiger partial charge in [-0.3, -0.25) is 4.99 Å². The molecule has 0 saturated heterocycles. The van der Waals surface area contributed by atoms with Crippen LogP contribution < -0.4 is 5.01 Å². The van der Waals surface area contributed by atoms with Gasteiger partial charge in [-0.05, 0) is 31.6 Å². The van der Waals surface area contributed by atoms with Gasteiger partial charge in [-0.25, -0.2) is 5.01 Å². The zero-order chi connectivity index (χ0) is 18.7. The molecule has 0 aromatic heterocycles. The van der Waals surface area contributed by atoms with E-state index >= 15 is 0 Å². The fraction of sp³-hybridized carbons (Fsp3) is 0.474. The molecule has 0 bridgehead atoms. The minimum atomic E-state index is -1.28. The van der Waals surface area contributed by atoms with Crippen LogP contribution in [0.1, 0.15) is 13.8 Å². The van der Waals surface area contributed by atoms with Gasteiger partial charge >= 0.3 is 0 Å².